The Labute approximate surface area is 122 Å². The fourth-order valence-electron chi connectivity index (χ4n) is 4.41. The minimum Gasteiger partial charge on any atom is -0.468 e. The van der Waals surface area contributed by atoms with Gasteiger partial charge in [-0.15, -0.1) is 0 Å². The number of hydrogen-bond acceptors (Lipinski definition) is 4. The Balaban J connectivity index is 1.72. The first-order chi connectivity index (χ1) is 9.65. The molecule has 0 spiro atoms. The van der Waals surface area contributed by atoms with Gasteiger partial charge in [0.05, 0.1) is 7.11 Å². The number of piperidine rings is 1. The number of rotatable bonds is 4. The SMILES string of the molecule is COC(=O)C(N)(CN1CCCC2CCCCC21)C1CC1. The highest BCUT2D eigenvalue weighted by atomic mass is 16.5. The van der Waals surface area contributed by atoms with Crippen molar-refractivity contribution >= 4 is 5.97 Å². The highest BCUT2D eigenvalue weighted by Gasteiger charge is 2.51. The fourth-order valence-corrected chi connectivity index (χ4v) is 4.41. The van der Waals surface area contributed by atoms with Crippen molar-refractivity contribution in [1.29, 1.82) is 0 Å². The molecule has 0 radical (unpaired) electrons. The van der Waals surface area contributed by atoms with Gasteiger partial charge in [-0.3, -0.25) is 9.69 Å². The summed E-state index contributed by atoms with van der Waals surface area (Å²) in [6.07, 6.45) is 10.1. The van der Waals surface area contributed by atoms with Crippen molar-refractivity contribution in [3.8, 4) is 0 Å². The average molecular weight is 280 g/mol. The topological polar surface area (TPSA) is 55.6 Å². The van der Waals surface area contributed by atoms with Gasteiger partial charge in [0.1, 0.15) is 5.54 Å². The summed E-state index contributed by atoms with van der Waals surface area (Å²) in [6.45, 7) is 1.80. The van der Waals surface area contributed by atoms with Crippen LogP contribution in [0.3, 0.4) is 0 Å². The fraction of sp³-hybridized carbons (Fsp3) is 0.938. The Bertz CT molecular complexity index is 367. The molecule has 1 heterocycles. The zero-order chi connectivity index (χ0) is 14.2. The van der Waals surface area contributed by atoms with Crippen LogP contribution in [0.15, 0.2) is 0 Å². The molecule has 3 unspecified atom stereocenters. The zero-order valence-corrected chi connectivity index (χ0v) is 12.6. The van der Waals surface area contributed by atoms with Crippen LogP contribution in [0.1, 0.15) is 51.4 Å². The molecule has 3 aliphatic rings. The summed E-state index contributed by atoms with van der Waals surface area (Å²) < 4.78 is 5.00. The summed E-state index contributed by atoms with van der Waals surface area (Å²) in [4.78, 5) is 14.7. The van der Waals surface area contributed by atoms with Gasteiger partial charge < -0.3 is 10.5 Å². The smallest absolute Gasteiger partial charge is 0.327 e. The summed E-state index contributed by atoms with van der Waals surface area (Å²) in [6, 6.07) is 0.656. The van der Waals surface area contributed by atoms with Crippen LogP contribution < -0.4 is 5.73 Å². The monoisotopic (exact) mass is 280 g/mol. The molecule has 2 aliphatic carbocycles. The molecule has 0 aromatic heterocycles. The van der Waals surface area contributed by atoms with E-state index in [0.717, 1.165) is 25.3 Å². The van der Waals surface area contributed by atoms with Gasteiger partial charge in [0, 0.05) is 12.6 Å². The number of likely N-dealkylation sites (tertiary alicyclic amines) is 1. The molecule has 2 N–H and O–H groups in total. The van der Waals surface area contributed by atoms with Crippen LogP contribution in [-0.2, 0) is 9.53 Å². The van der Waals surface area contributed by atoms with Crippen molar-refractivity contribution in [3.63, 3.8) is 0 Å². The largest absolute Gasteiger partial charge is 0.468 e. The Morgan fingerprint density at radius 1 is 1.20 bits per heavy atom. The molecule has 3 atom stereocenters. The third kappa shape index (κ3) is 2.60. The molecule has 1 aliphatic heterocycles. The summed E-state index contributed by atoms with van der Waals surface area (Å²) in [5.74, 6) is 0.954. The van der Waals surface area contributed by atoms with Crippen molar-refractivity contribution in [1.82, 2.24) is 4.90 Å². The second-order valence-electron chi connectivity index (χ2n) is 7.03. The lowest BCUT2D eigenvalue weighted by Gasteiger charge is -2.46. The van der Waals surface area contributed by atoms with Crippen LogP contribution in [0.2, 0.25) is 0 Å². The van der Waals surface area contributed by atoms with Gasteiger partial charge in [-0.1, -0.05) is 12.8 Å². The number of methoxy groups -OCH3 is 1. The molecule has 3 rings (SSSR count). The molecule has 0 aromatic carbocycles. The van der Waals surface area contributed by atoms with E-state index in [0.29, 0.717) is 18.5 Å². The molecule has 1 saturated heterocycles. The molecular formula is C16H28N2O2. The number of esters is 1. The normalized spacial score (nSPS) is 34.1. The second-order valence-corrected chi connectivity index (χ2v) is 7.03. The van der Waals surface area contributed by atoms with Crippen molar-refractivity contribution in [2.45, 2.75) is 62.9 Å². The Morgan fingerprint density at radius 3 is 2.60 bits per heavy atom. The molecule has 0 bridgehead atoms. The lowest BCUT2D eigenvalue weighted by Crippen LogP contribution is -2.61. The molecule has 20 heavy (non-hydrogen) atoms. The van der Waals surface area contributed by atoms with Crippen molar-refractivity contribution in [2.75, 3.05) is 20.2 Å². The molecule has 4 heteroatoms. The highest BCUT2D eigenvalue weighted by molar-refractivity contribution is 5.81. The van der Waals surface area contributed by atoms with E-state index in [-0.39, 0.29) is 5.97 Å². The number of carbonyl (C=O) groups excluding carboxylic acids is 1. The lowest BCUT2D eigenvalue weighted by atomic mass is 9.77. The molecule has 114 valence electrons. The number of nitrogens with zero attached hydrogens (tertiary/aromatic N) is 1. The predicted molar refractivity (Wildman–Crippen MR) is 78.2 cm³/mol. The van der Waals surface area contributed by atoms with Crippen LogP contribution in [-0.4, -0.2) is 42.6 Å². The Hall–Kier alpha value is -0.610. The van der Waals surface area contributed by atoms with Crippen molar-refractivity contribution in [2.24, 2.45) is 17.6 Å². The molecule has 0 amide bonds. The minimum absolute atomic E-state index is 0.210. The third-order valence-electron chi connectivity index (χ3n) is 5.69. The van der Waals surface area contributed by atoms with Gasteiger partial charge in [-0.2, -0.15) is 0 Å². The van der Waals surface area contributed by atoms with Crippen LogP contribution in [0.5, 0.6) is 0 Å². The van der Waals surface area contributed by atoms with Gasteiger partial charge in [0.2, 0.25) is 0 Å². The van der Waals surface area contributed by atoms with Gasteiger partial charge in [0.25, 0.3) is 0 Å². The van der Waals surface area contributed by atoms with Gasteiger partial charge in [0.15, 0.2) is 0 Å². The van der Waals surface area contributed by atoms with E-state index in [1.807, 2.05) is 0 Å². The molecule has 0 aromatic rings. The van der Waals surface area contributed by atoms with E-state index in [9.17, 15) is 4.79 Å². The number of fused-ring (bicyclic) bond motifs is 1. The molecular weight excluding hydrogens is 252 g/mol. The van der Waals surface area contributed by atoms with Crippen molar-refractivity contribution in [3.05, 3.63) is 0 Å². The maximum Gasteiger partial charge on any atom is 0.327 e. The average Bonchev–Trinajstić information content (AvgIpc) is 3.31. The van der Waals surface area contributed by atoms with Crippen LogP contribution in [0, 0.1) is 11.8 Å². The number of nitrogens with two attached hydrogens (primary N) is 1. The van der Waals surface area contributed by atoms with Crippen LogP contribution in [0.25, 0.3) is 0 Å². The van der Waals surface area contributed by atoms with E-state index in [1.165, 1.54) is 45.6 Å². The van der Waals surface area contributed by atoms with E-state index < -0.39 is 5.54 Å². The number of hydrogen-bond donors (Lipinski definition) is 1. The summed E-state index contributed by atoms with van der Waals surface area (Å²) >= 11 is 0. The maximum absolute atomic E-state index is 12.2. The molecule has 2 saturated carbocycles. The van der Waals surface area contributed by atoms with Gasteiger partial charge in [-0.25, -0.2) is 0 Å². The van der Waals surface area contributed by atoms with Crippen LogP contribution in [0.4, 0.5) is 0 Å². The standard InChI is InChI=1S/C16H28N2O2/c1-20-15(19)16(17,13-8-9-13)11-18-10-4-6-12-5-2-3-7-14(12)18/h12-14H,2-11,17H2,1H3. The maximum atomic E-state index is 12.2. The minimum atomic E-state index is -0.770. The molecule has 3 fully saturated rings. The van der Waals surface area contributed by atoms with Crippen LogP contribution >= 0.6 is 0 Å². The van der Waals surface area contributed by atoms with E-state index >= 15 is 0 Å². The van der Waals surface area contributed by atoms with E-state index in [2.05, 4.69) is 4.90 Å². The number of ether oxygens (including phenoxy) is 1. The summed E-state index contributed by atoms with van der Waals surface area (Å²) in [5.41, 5.74) is 5.72. The van der Waals surface area contributed by atoms with E-state index in [4.69, 9.17) is 10.5 Å². The van der Waals surface area contributed by atoms with Gasteiger partial charge in [-0.05, 0) is 56.9 Å². The third-order valence-corrected chi connectivity index (χ3v) is 5.69. The first-order valence-corrected chi connectivity index (χ1v) is 8.26. The summed E-state index contributed by atoms with van der Waals surface area (Å²) in [5, 5.41) is 0. The van der Waals surface area contributed by atoms with E-state index in [1.54, 1.807) is 0 Å². The Kier molecular flexibility index (Phi) is 4.04. The first-order valence-electron chi connectivity index (χ1n) is 8.26. The Morgan fingerprint density at radius 2 is 1.90 bits per heavy atom. The van der Waals surface area contributed by atoms with Gasteiger partial charge >= 0.3 is 5.97 Å². The second kappa shape index (κ2) is 5.64. The highest BCUT2D eigenvalue weighted by Crippen LogP contribution is 2.42. The number of carbonyl (C=O) groups is 1. The quantitative estimate of drug-likeness (QED) is 0.799. The summed E-state index contributed by atoms with van der Waals surface area (Å²) in [7, 11) is 1.46. The zero-order valence-electron chi connectivity index (χ0n) is 12.6. The predicted octanol–water partition coefficient (Wildman–Crippen LogP) is 1.92. The lowest BCUT2D eigenvalue weighted by molar-refractivity contribution is -0.149. The molecule has 4 nitrogen and oxygen atoms in total. The first kappa shape index (κ1) is 14.3. The van der Waals surface area contributed by atoms with Crippen molar-refractivity contribution < 1.29 is 9.53 Å².